The maximum absolute atomic E-state index is 15.0. The first-order valence-electron chi connectivity index (χ1n) is 10.3. The van der Waals surface area contributed by atoms with E-state index in [2.05, 4.69) is 30.5 Å². The Bertz CT molecular complexity index is 1080. The molecular weight excluding hydrogens is 385 g/mol. The number of phenols is 1. The first-order valence-corrected chi connectivity index (χ1v) is 10.3. The normalized spacial score (nSPS) is 26.0. The van der Waals surface area contributed by atoms with Crippen LogP contribution in [0, 0.1) is 6.92 Å². The summed E-state index contributed by atoms with van der Waals surface area (Å²) in [6.45, 7) is 1.84. The van der Waals surface area contributed by atoms with Gasteiger partial charge in [-0.2, -0.15) is 0 Å². The molecule has 5 rings (SSSR count). The van der Waals surface area contributed by atoms with Gasteiger partial charge in [0, 0.05) is 31.4 Å². The molecule has 2 N–H and O–H groups in total. The number of piperidine rings is 2. The van der Waals surface area contributed by atoms with Gasteiger partial charge in [0.05, 0.1) is 34.5 Å². The van der Waals surface area contributed by atoms with Crippen molar-refractivity contribution < 1.29 is 9.50 Å². The Hall–Kier alpha value is -2.94. The molecule has 8 nitrogen and oxygen atoms in total. The van der Waals surface area contributed by atoms with Gasteiger partial charge in [-0.3, -0.25) is 4.98 Å². The number of aromatic hydroxyl groups is 1. The lowest BCUT2D eigenvalue weighted by Gasteiger charge is -2.45. The summed E-state index contributed by atoms with van der Waals surface area (Å²) in [6, 6.07) is 3.25. The molecule has 1 aromatic carbocycles. The SMILES string of the molecule is Cc1cnc2cc(-c3ncc(N(C)[C@@H]4CC5CCCC(N5)[C@@H]4F)nn3)c(O)cc2n1. The standard InChI is InChI=1S/C21H24FN7O/c1-11-9-23-15-7-13(18(30)8-16(15)25-11)21-24-10-19(27-28-21)29(2)17-6-12-4-3-5-14(26-12)20(17)22/h7-10,12,14,17,20,26,30H,3-6H2,1-2H3/t12?,14?,17-,20+/m1/s1. The van der Waals surface area contributed by atoms with Gasteiger partial charge in [-0.1, -0.05) is 6.42 Å². The number of anilines is 1. The second-order valence-electron chi connectivity index (χ2n) is 8.27. The summed E-state index contributed by atoms with van der Waals surface area (Å²) in [7, 11) is 1.84. The second-order valence-corrected chi connectivity index (χ2v) is 8.27. The van der Waals surface area contributed by atoms with Gasteiger partial charge in [0.1, 0.15) is 11.9 Å². The topological polar surface area (TPSA) is 100.0 Å². The molecule has 2 bridgehead atoms. The fraction of sp³-hybridized carbons (Fsp3) is 0.476. The monoisotopic (exact) mass is 409 g/mol. The van der Waals surface area contributed by atoms with E-state index in [9.17, 15) is 5.11 Å². The van der Waals surface area contributed by atoms with Crippen molar-refractivity contribution in [3.05, 3.63) is 30.2 Å². The number of aromatic nitrogens is 5. The van der Waals surface area contributed by atoms with Crippen LogP contribution in [0.25, 0.3) is 22.4 Å². The molecule has 4 atom stereocenters. The Balaban J connectivity index is 1.41. The fourth-order valence-electron chi connectivity index (χ4n) is 4.60. The zero-order valence-corrected chi connectivity index (χ0v) is 17.0. The van der Waals surface area contributed by atoms with Crippen molar-refractivity contribution in [3.8, 4) is 17.1 Å². The third kappa shape index (κ3) is 3.32. The van der Waals surface area contributed by atoms with E-state index in [0.717, 1.165) is 31.4 Å². The van der Waals surface area contributed by atoms with Gasteiger partial charge in [0.2, 0.25) is 0 Å². The number of aryl methyl sites for hydroxylation is 1. The predicted molar refractivity (Wildman–Crippen MR) is 111 cm³/mol. The van der Waals surface area contributed by atoms with Gasteiger partial charge < -0.3 is 15.3 Å². The van der Waals surface area contributed by atoms with Crippen molar-refractivity contribution in [3.63, 3.8) is 0 Å². The molecule has 0 spiro atoms. The molecule has 2 aromatic heterocycles. The molecule has 3 aromatic rings. The number of nitrogens with one attached hydrogen (secondary N) is 1. The number of halogens is 1. The smallest absolute Gasteiger partial charge is 0.185 e. The number of benzene rings is 1. The number of hydrogen-bond donors (Lipinski definition) is 2. The van der Waals surface area contributed by atoms with Crippen LogP contribution >= 0.6 is 0 Å². The summed E-state index contributed by atoms with van der Waals surface area (Å²) in [5.41, 5.74) is 2.45. The highest BCUT2D eigenvalue weighted by Crippen LogP contribution is 2.33. The number of fused-ring (bicyclic) bond motifs is 3. The van der Waals surface area contributed by atoms with Crippen LogP contribution in [-0.4, -0.2) is 61.6 Å². The maximum atomic E-state index is 15.0. The zero-order valence-electron chi connectivity index (χ0n) is 17.0. The highest BCUT2D eigenvalue weighted by atomic mass is 19.1. The van der Waals surface area contributed by atoms with Gasteiger partial charge in [0.15, 0.2) is 11.6 Å². The third-order valence-electron chi connectivity index (χ3n) is 6.22. The molecule has 0 amide bonds. The highest BCUT2D eigenvalue weighted by molar-refractivity contribution is 5.83. The molecule has 2 aliphatic rings. The number of alkyl halides is 1. The molecular formula is C21H24FN7O. The Morgan fingerprint density at radius 2 is 2.00 bits per heavy atom. The Morgan fingerprint density at radius 3 is 2.80 bits per heavy atom. The summed E-state index contributed by atoms with van der Waals surface area (Å²) in [5, 5.41) is 22.3. The lowest BCUT2D eigenvalue weighted by molar-refractivity contribution is 0.107. The van der Waals surface area contributed by atoms with Gasteiger partial charge >= 0.3 is 0 Å². The first-order chi connectivity index (χ1) is 14.5. The van der Waals surface area contributed by atoms with Gasteiger partial charge in [-0.15, -0.1) is 10.2 Å². The van der Waals surface area contributed by atoms with Crippen LogP contribution in [0.2, 0.25) is 0 Å². The summed E-state index contributed by atoms with van der Waals surface area (Å²) < 4.78 is 15.0. The summed E-state index contributed by atoms with van der Waals surface area (Å²) in [4.78, 5) is 14.9. The van der Waals surface area contributed by atoms with Crippen molar-refractivity contribution in [2.75, 3.05) is 11.9 Å². The van der Waals surface area contributed by atoms with Gasteiger partial charge in [-0.05, 0) is 32.3 Å². The predicted octanol–water partition coefficient (Wildman–Crippen LogP) is 2.55. The molecule has 0 aliphatic carbocycles. The molecule has 2 saturated heterocycles. The number of phenolic OH excluding ortho intramolecular Hbond substituents is 1. The van der Waals surface area contributed by atoms with E-state index in [0.29, 0.717) is 28.5 Å². The zero-order chi connectivity index (χ0) is 20.8. The molecule has 2 fully saturated rings. The summed E-state index contributed by atoms with van der Waals surface area (Å²) in [6.07, 6.45) is 6.06. The van der Waals surface area contributed by atoms with Crippen LogP contribution in [0.15, 0.2) is 24.5 Å². The van der Waals surface area contributed by atoms with Gasteiger partial charge in [-0.25, -0.2) is 14.4 Å². The van der Waals surface area contributed by atoms with E-state index in [1.54, 1.807) is 24.5 Å². The van der Waals surface area contributed by atoms with Crippen molar-refractivity contribution in [1.29, 1.82) is 0 Å². The minimum Gasteiger partial charge on any atom is -0.507 e. The molecule has 0 saturated carbocycles. The van der Waals surface area contributed by atoms with E-state index < -0.39 is 6.17 Å². The number of rotatable bonds is 3. The third-order valence-corrected chi connectivity index (χ3v) is 6.22. The lowest BCUT2D eigenvalue weighted by Crippen LogP contribution is -2.61. The largest absolute Gasteiger partial charge is 0.507 e. The van der Waals surface area contributed by atoms with Crippen LogP contribution < -0.4 is 10.2 Å². The van der Waals surface area contributed by atoms with Crippen LogP contribution in [0.5, 0.6) is 5.75 Å². The number of hydrogen-bond acceptors (Lipinski definition) is 8. The minimum absolute atomic E-state index is 0.0142. The van der Waals surface area contributed by atoms with Crippen LogP contribution in [-0.2, 0) is 0 Å². The van der Waals surface area contributed by atoms with Crippen LogP contribution in [0.3, 0.4) is 0 Å². The minimum atomic E-state index is -0.959. The Labute approximate surface area is 173 Å². The molecule has 2 aliphatic heterocycles. The second kappa shape index (κ2) is 7.39. The molecule has 2 unspecified atom stereocenters. The van der Waals surface area contributed by atoms with Crippen LogP contribution in [0.4, 0.5) is 10.2 Å². The van der Waals surface area contributed by atoms with Gasteiger partial charge in [0.25, 0.3) is 0 Å². The van der Waals surface area contributed by atoms with E-state index in [4.69, 9.17) is 0 Å². The molecule has 30 heavy (non-hydrogen) atoms. The van der Waals surface area contributed by atoms with E-state index in [1.165, 1.54) is 0 Å². The van der Waals surface area contributed by atoms with Crippen molar-refractivity contribution >= 4 is 16.9 Å². The quantitative estimate of drug-likeness (QED) is 0.681. The summed E-state index contributed by atoms with van der Waals surface area (Å²) in [5.74, 6) is 0.815. The van der Waals surface area contributed by atoms with E-state index in [1.807, 2.05) is 18.9 Å². The van der Waals surface area contributed by atoms with Crippen molar-refractivity contribution in [2.45, 2.75) is 56.9 Å². The molecule has 0 radical (unpaired) electrons. The first kappa shape index (κ1) is 19.0. The van der Waals surface area contributed by atoms with E-state index >= 15 is 4.39 Å². The molecule has 9 heteroatoms. The lowest BCUT2D eigenvalue weighted by atomic mass is 9.82. The van der Waals surface area contributed by atoms with Crippen LogP contribution in [0.1, 0.15) is 31.4 Å². The number of nitrogens with zero attached hydrogens (tertiary/aromatic N) is 6. The summed E-state index contributed by atoms with van der Waals surface area (Å²) >= 11 is 0. The highest BCUT2D eigenvalue weighted by Gasteiger charge is 2.42. The maximum Gasteiger partial charge on any atom is 0.185 e. The Kier molecular flexibility index (Phi) is 4.69. The fourth-order valence-corrected chi connectivity index (χ4v) is 4.60. The Morgan fingerprint density at radius 1 is 1.13 bits per heavy atom. The molecule has 156 valence electrons. The molecule has 4 heterocycles. The van der Waals surface area contributed by atoms with Crippen molar-refractivity contribution in [1.82, 2.24) is 30.5 Å². The average Bonchev–Trinajstić information content (AvgIpc) is 2.76. The van der Waals surface area contributed by atoms with E-state index in [-0.39, 0.29) is 23.7 Å². The average molecular weight is 409 g/mol. The van der Waals surface area contributed by atoms with Crippen molar-refractivity contribution in [2.24, 2.45) is 0 Å².